The van der Waals surface area contributed by atoms with Gasteiger partial charge in [-0.3, -0.25) is 4.79 Å². The first-order valence-corrected chi connectivity index (χ1v) is 8.98. The zero-order chi connectivity index (χ0) is 19.6. The standard InChI is InChI=1S/C19H24FNO6/c1-9-6-7-10(8-11(9)20)21-16(22)14-12-13(25-18(2,3)24-12)15-17(23-14)27-19(4,5)26-15/h6-8,12-15,17H,1-5H3,(H,21,22)/t12-,13-,14-,15-,17-/m1/s1. The van der Waals surface area contributed by atoms with Crippen LogP contribution in [0.15, 0.2) is 18.2 Å². The maximum atomic E-state index is 13.8. The summed E-state index contributed by atoms with van der Waals surface area (Å²) < 4.78 is 43.2. The molecule has 7 nitrogen and oxygen atoms in total. The molecular weight excluding hydrogens is 357 g/mol. The second kappa shape index (κ2) is 6.22. The number of carbonyl (C=O) groups excluding carboxylic acids is 1. The highest BCUT2D eigenvalue weighted by Crippen LogP contribution is 2.44. The fraction of sp³-hybridized carbons (Fsp3) is 0.632. The van der Waals surface area contributed by atoms with E-state index in [1.165, 1.54) is 6.07 Å². The maximum Gasteiger partial charge on any atom is 0.256 e. The van der Waals surface area contributed by atoms with Gasteiger partial charge in [0.25, 0.3) is 5.91 Å². The fourth-order valence-corrected chi connectivity index (χ4v) is 3.71. The van der Waals surface area contributed by atoms with Gasteiger partial charge in [0.2, 0.25) is 0 Å². The van der Waals surface area contributed by atoms with Gasteiger partial charge in [-0.05, 0) is 52.3 Å². The van der Waals surface area contributed by atoms with Crippen molar-refractivity contribution in [2.45, 2.75) is 76.9 Å². The second-order valence-corrected chi connectivity index (χ2v) is 8.04. The van der Waals surface area contributed by atoms with Crippen molar-refractivity contribution in [3.63, 3.8) is 0 Å². The number of nitrogens with one attached hydrogen (secondary N) is 1. The SMILES string of the molecule is Cc1ccc(NC(=O)[C@@H]2O[C@@H]3OC(C)(C)O[C@@H]3[C@@H]3OC(C)(C)O[C@H]32)cc1F. The molecule has 0 saturated carbocycles. The number of anilines is 1. The third-order valence-electron chi connectivity index (χ3n) is 4.85. The summed E-state index contributed by atoms with van der Waals surface area (Å²) in [5.41, 5.74) is 0.838. The Balaban J connectivity index is 1.57. The highest BCUT2D eigenvalue weighted by atomic mass is 19.1. The van der Waals surface area contributed by atoms with Crippen LogP contribution in [-0.4, -0.2) is 48.2 Å². The third-order valence-corrected chi connectivity index (χ3v) is 4.85. The van der Waals surface area contributed by atoms with E-state index in [2.05, 4.69) is 5.32 Å². The van der Waals surface area contributed by atoms with Gasteiger partial charge in [-0.15, -0.1) is 0 Å². The van der Waals surface area contributed by atoms with E-state index >= 15 is 0 Å². The highest BCUT2D eigenvalue weighted by molar-refractivity contribution is 5.94. The van der Waals surface area contributed by atoms with Crippen LogP contribution in [0, 0.1) is 12.7 Å². The van der Waals surface area contributed by atoms with Gasteiger partial charge in [-0.2, -0.15) is 0 Å². The van der Waals surface area contributed by atoms with Crippen molar-refractivity contribution in [2.24, 2.45) is 0 Å². The van der Waals surface area contributed by atoms with Crippen LogP contribution in [0.1, 0.15) is 33.3 Å². The summed E-state index contributed by atoms with van der Waals surface area (Å²) in [5, 5.41) is 2.68. The monoisotopic (exact) mass is 381 g/mol. The number of ether oxygens (including phenoxy) is 5. The van der Waals surface area contributed by atoms with E-state index in [-0.39, 0.29) is 0 Å². The molecule has 0 aliphatic carbocycles. The number of benzene rings is 1. The van der Waals surface area contributed by atoms with Crippen molar-refractivity contribution in [2.75, 3.05) is 5.32 Å². The minimum absolute atomic E-state index is 0.340. The molecule has 148 valence electrons. The minimum Gasteiger partial charge on any atom is -0.342 e. The van der Waals surface area contributed by atoms with Crippen molar-refractivity contribution in [3.8, 4) is 0 Å². The van der Waals surface area contributed by atoms with Gasteiger partial charge < -0.3 is 29.0 Å². The van der Waals surface area contributed by atoms with Crippen LogP contribution in [0.2, 0.25) is 0 Å². The van der Waals surface area contributed by atoms with Gasteiger partial charge in [0.1, 0.15) is 24.1 Å². The summed E-state index contributed by atoms with van der Waals surface area (Å²) >= 11 is 0. The van der Waals surface area contributed by atoms with E-state index < -0.39 is 54.0 Å². The lowest BCUT2D eigenvalue weighted by Gasteiger charge is -2.36. The number of aryl methyl sites for hydroxylation is 1. The number of hydrogen-bond donors (Lipinski definition) is 1. The lowest BCUT2D eigenvalue weighted by atomic mass is 9.98. The van der Waals surface area contributed by atoms with Crippen molar-refractivity contribution < 1.29 is 32.9 Å². The van der Waals surface area contributed by atoms with Crippen molar-refractivity contribution in [1.29, 1.82) is 0 Å². The Labute approximate surface area is 157 Å². The Kier molecular flexibility index (Phi) is 4.32. The topological polar surface area (TPSA) is 75.3 Å². The molecule has 0 bridgehead atoms. The number of hydrogen-bond acceptors (Lipinski definition) is 6. The Morgan fingerprint density at radius 3 is 2.33 bits per heavy atom. The van der Waals surface area contributed by atoms with Crippen molar-refractivity contribution >= 4 is 11.6 Å². The third kappa shape index (κ3) is 3.48. The molecule has 3 heterocycles. The number of halogens is 1. The molecule has 1 aromatic carbocycles. The van der Waals surface area contributed by atoms with E-state index in [4.69, 9.17) is 23.7 Å². The van der Waals surface area contributed by atoms with E-state index in [0.29, 0.717) is 11.3 Å². The molecule has 0 unspecified atom stereocenters. The predicted octanol–water partition coefficient (Wildman–Crippen LogP) is 2.47. The van der Waals surface area contributed by atoms with E-state index in [1.807, 2.05) is 0 Å². The smallest absolute Gasteiger partial charge is 0.256 e. The molecule has 3 aliphatic heterocycles. The molecule has 0 spiro atoms. The van der Waals surface area contributed by atoms with Crippen molar-refractivity contribution in [3.05, 3.63) is 29.6 Å². The van der Waals surface area contributed by atoms with Crippen LogP contribution in [0.25, 0.3) is 0 Å². The summed E-state index contributed by atoms with van der Waals surface area (Å²) in [5.74, 6) is -2.60. The van der Waals surface area contributed by atoms with Crippen molar-refractivity contribution in [1.82, 2.24) is 0 Å². The number of carbonyl (C=O) groups is 1. The second-order valence-electron chi connectivity index (χ2n) is 8.04. The molecule has 8 heteroatoms. The Bertz CT molecular complexity index is 767. The molecule has 0 radical (unpaired) electrons. The highest BCUT2D eigenvalue weighted by Gasteiger charge is 2.62. The molecule has 1 N–H and O–H groups in total. The molecule has 4 rings (SSSR count). The summed E-state index contributed by atoms with van der Waals surface area (Å²) in [4.78, 5) is 12.9. The van der Waals surface area contributed by atoms with Gasteiger partial charge in [-0.25, -0.2) is 4.39 Å². The summed E-state index contributed by atoms with van der Waals surface area (Å²) in [7, 11) is 0. The summed E-state index contributed by atoms with van der Waals surface area (Å²) in [6.45, 7) is 8.74. The minimum atomic E-state index is -0.986. The largest absolute Gasteiger partial charge is 0.342 e. The van der Waals surface area contributed by atoms with Crippen LogP contribution in [-0.2, 0) is 28.5 Å². The van der Waals surface area contributed by atoms with Gasteiger partial charge in [0, 0.05) is 5.69 Å². The maximum absolute atomic E-state index is 13.8. The number of rotatable bonds is 2. The zero-order valence-corrected chi connectivity index (χ0v) is 15.9. The van der Waals surface area contributed by atoms with Crippen LogP contribution in [0.3, 0.4) is 0 Å². The number of amides is 1. The van der Waals surface area contributed by atoms with Crippen LogP contribution in [0.4, 0.5) is 10.1 Å². The van der Waals surface area contributed by atoms with E-state index in [9.17, 15) is 9.18 Å². The Hall–Kier alpha value is -1.58. The lowest BCUT2D eigenvalue weighted by molar-refractivity contribution is -0.229. The Morgan fingerprint density at radius 2 is 1.63 bits per heavy atom. The summed E-state index contributed by atoms with van der Waals surface area (Å²) in [6.07, 6.45) is -3.45. The van der Waals surface area contributed by atoms with Gasteiger partial charge >= 0.3 is 0 Å². The first kappa shape index (κ1) is 18.8. The van der Waals surface area contributed by atoms with Crippen LogP contribution in [0.5, 0.6) is 0 Å². The first-order valence-electron chi connectivity index (χ1n) is 8.98. The predicted molar refractivity (Wildman–Crippen MR) is 92.3 cm³/mol. The first-order chi connectivity index (χ1) is 12.5. The average Bonchev–Trinajstić information content (AvgIpc) is 3.04. The van der Waals surface area contributed by atoms with E-state index in [1.54, 1.807) is 46.8 Å². The van der Waals surface area contributed by atoms with Gasteiger partial charge in [-0.1, -0.05) is 6.07 Å². The molecule has 3 saturated heterocycles. The molecule has 0 aromatic heterocycles. The molecule has 1 aromatic rings. The van der Waals surface area contributed by atoms with Gasteiger partial charge in [0.15, 0.2) is 24.0 Å². The van der Waals surface area contributed by atoms with Crippen LogP contribution < -0.4 is 5.32 Å². The molecule has 3 fully saturated rings. The molecule has 5 atom stereocenters. The quantitative estimate of drug-likeness (QED) is 0.848. The molecular formula is C19H24FNO6. The zero-order valence-electron chi connectivity index (χ0n) is 15.9. The molecule has 27 heavy (non-hydrogen) atoms. The average molecular weight is 381 g/mol. The molecule has 1 amide bonds. The molecule has 3 aliphatic rings. The lowest BCUT2D eigenvalue weighted by Crippen LogP contribution is -2.58. The summed E-state index contributed by atoms with van der Waals surface area (Å²) in [6, 6.07) is 4.50. The normalized spacial score (nSPS) is 36.1. The van der Waals surface area contributed by atoms with E-state index in [0.717, 1.165) is 0 Å². The fourth-order valence-electron chi connectivity index (χ4n) is 3.71. The Morgan fingerprint density at radius 1 is 1.00 bits per heavy atom. The number of fused-ring (bicyclic) bond motifs is 3. The van der Waals surface area contributed by atoms with Gasteiger partial charge in [0.05, 0.1) is 0 Å². The van der Waals surface area contributed by atoms with Crippen LogP contribution >= 0.6 is 0 Å².